The Morgan fingerprint density at radius 1 is 1.11 bits per heavy atom. The topological polar surface area (TPSA) is 59.1 Å². The summed E-state index contributed by atoms with van der Waals surface area (Å²) in [4.78, 5) is 27.4. The first-order valence-corrected chi connectivity index (χ1v) is 11.0. The van der Waals surface area contributed by atoms with E-state index in [1.54, 1.807) is 7.11 Å². The van der Waals surface area contributed by atoms with Crippen molar-refractivity contribution in [2.75, 3.05) is 20.3 Å². The minimum atomic E-state index is -1.22. The molecule has 1 aliphatic heterocycles. The molecule has 1 saturated carbocycles. The first-order valence-electron chi connectivity index (χ1n) is 9.87. The highest BCUT2D eigenvalue weighted by Gasteiger charge is 2.68. The normalized spacial score (nSPS) is 36.0. The Morgan fingerprint density at radius 3 is 2.00 bits per heavy atom. The van der Waals surface area contributed by atoms with E-state index in [4.69, 9.17) is 9.05 Å². The molecule has 0 aromatic rings. The van der Waals surface area contributed by atoms with Gasteiger partial charge in [0.1, 0.15) is 0 Å². The summed E-state index contributed by atoms with van der Waals surface area (Å²) in [5.41, 5.74) is -0.375. The number of imide groups is 1. The summed E-state index contributed by atoms with van der Waals surface area (Å²) in [6.07, 6.45) is 5.18. The highest BCUT2D eigenvalue weighted by molar-refractivity contribution is 7.44. The zero-order valence-corrected chi connectivity index (χ0v) is 18.5. The quantitative estimate of drug-likeness (QED) is 0.357. The summed E-state index contributed by atoms with van der Waals surface area (Å²) >= 11 is 0. The second-order valence-electron chi connectivity index (χ2n) is 9.13. The van der Waals surface area contributed by atoms with Crippen LogP contribution in [0.3, 0.4) is 0 Å². The van der Waals surface area contributed by atoms with Crippen molar-refractivity contribution in [1.82, 2.24) is 9.57 Å². The van der Waals surface area contributed by atoms with Crippen molar-refractivity contribution in [2.45, 2.75) is 60.0 Å². The van der Waals surface area contributed by atoms with E-state index < -0.39 is 8.53 Å². The molecular weight excluding hydrogens is 363 g/mol. The lowest BCUT2D eigenvalue weighted by atomic mass is 9.73. The van der Waals surface area contributed by atoms with Gasteiger partial charge in [-0.15, -0.1) is 0 Å². The van der Waals surface area contributed by atoms with Gasteiger partial charge in [0.2, 0.25) is 11.8 Å². The van der Waals surface area contributed by atoms with Gasteiger partial charge in [0.25, 0.3) is 8.53 Å². The Balaban J connectivity index is 1.64. The zero-order valence-electron chi connectivity index (χ0n) is 17.6. The van der Waals surface area contributed by atoms with Crippen LogP contribution in [-0.4, -0.2) is 53.7 Å². The van der Waals surface area contributed by atoms with Gasteiger partial charge < -0.3 is 9.05 Å². The van der Waals surface area contributed by atoms with Crippen LogP contribution in [0.1, 0.15) is 48.0 Å². The van der Waals surface area contributed by atoms with Crippen LogP contribution in [0.25, 0.3) is 0 Å². The fourth-order valence-electron chi connectivity index (χ4n) is 5.42. The maximum atomic E-state index is 13.0. The van der Waals surface area contributed by atoms with Crippen molar-refractivity contribution in [3.63, 3.8) is 0 Å². The van der Waals surface area contributed by atoms with Gasteiger partial charge in [-0.2, -0.15) is 0 Å². The number of fused-ring (bicyclic) bond motifs is 5. The van der Waals surface area contributed by atoms with Crippen LogP contribution >= 0.6 is 8.53 Å². The van der Waals surface area contributed by atoms with Crippen LogP contribution in [0.5, 0.6) is 0 Å². The minimum Gasteiger partial charge on any atom is -0.325 e. The second-order valence-corrected chi connectivity index (χ2v) is 10.7. The average molecular weight is 396 g/mol. The van der Waals surface area contributed by atoms with Gasteiger partial charge in [0, 0.05) is 19.2 Å². The predicted octanol–water partition coefficient (Wildman–Crippen LogP) is 3.58. The Kier molecular flexibility index (Phi) is 5.59. The molecule has 0 spiro atoms. The smallest absolute Gasteiger partial charge is 0.258 e. The molecule has 1 heterocycles. The van der Waals surface area contributed by atoms with Crippen LogP contribution in [0, 0.1) is 22.7 Å². The van der Waals surface area contributed by atoms with Crippen LogP contribution in [0.4, 0.5) is 0 Å². The first-order chi connectivity index (χ1) is 12.6. The number of carbonyl (C=O) groups is 2. The lowest BCUT2D eigenvalue weighted by Crippen LogP contribution is -2.38. The Bertz CT molecular complexity index is 608. The molecule has 7 heteroatoms. The summed E-state index contributed by atoms with van der Waals surface area (Å²) in [6.45, 7) is 13.2. The highest BCUT2D eigenvalue weighted by Crippen LogP contribution is 2.65. The molecule has 1 saturated heterocycles. The molecular formula is C20H33N2O4P. The molecule has 1 unspecified atom stereocenters. The molecule has 2 aliphatic carbocycles. The van der Waals surface area contributed by atoms with E-state index in [1.807, 2.05) is 0 Å². The van der Waals surface area contributed by atoms with Crippen molar-refractivity contribution < 1.29 is 18.6 Å². The molecule has 2 fully saturated rings. The lowest BCUT2D eigenvalue weighted by molar-refractivity contribution is -0.142. The third-order valence-corrected chi connectivity index (χ3v) is 8.36. The fourth-order valence-corrected chi connectivity index (χ4v) is 6.84. The molecule has 0 N–H and O–H groups in total. The van der Waals surface area contributed by atoms with Crippen molar-refractivity contribution in [1.29, 1.82) is 0 Å². The van der Waals surface area contributed by atoms with Gasteiger partial charge in [0.05, 0.1) is 25.0 Å². The minimum absolute atomic E-state index is 0.0319. The monoisotopic (exact) mass is 396 g/mol. The third kappa shape index (κ3) is 3.29. The van der Waals surface area contributed by atoms with Crippen molar-refractivity contribution in [2.24, 2.45) is 22.7 Å². The Morgan fingerprint density at radius 2 is 1.59 bits per heavy atom. The molecule has 0 aromatic carbocycles. The Labute approximate surface area is 164 Å². The molecule has 3 aliphatic rings. The summed E-state index contributed by atoms with van der Waals surface area (Å²) in [5, 5.41) is 0. The van der Waals surface area contributed by atoms with Crippen LogP contribution in [0.15, 0.2) is 12.2 Å². The highest BCUT2D eigenvalue weighted by atomic mass is 31.2. The van der Waals surface area contributed by atoms with E-state index in [1.165, 1.54) is 4.90 Å². The largest absolute Gasteiger partial charge is 0.325 e. The molecule has 6 nitrogen and oxygen atoms in total. The molecule has 27 heavy (non-hydrogen) atoms. The summed E-state index contributed by atoms with van der Waals surface area (Å²) in [7, 11) is 0.429. The number of rotatable bonds is 8. The van der Waals surface area contributed by atoms with Gasteiger partial charge >= 0.3 is 0 Å². The van der Waals surface area contributed by atoms with Gasteiger partial charge in [0.15, 0.2) is 0 Å². The Hall–Kier alpha value is -0.810. The molecule has 152 valence electrons. The van der Waals surface area contributed by atoms with Crippen LogP contribution in [-0.2, 0) is 18.6 Å². The van der Waals surface area contributed by atoms with Gasteiger partial charge in [-0.25, -0.2) is 4.67 Å². The number of hydrogen-bond donors (Lipinski definition) is 0. The molecule has 2 amide bonds. The van der Waals surface area contributed by atoms with E-state index in [9.17, 15) is 9.59 Å². The van der Waals surface area contributed by atoms with E-state index in [-0.39, 0.29) is 46.6 Å². The van der Waals surface area contributed by atoms with Crippen molar-refractivity contribution in [3.8, 4) is 0 Å². The van der Waals surface area contributed by atoms with E-state index in [2.05, 4.69) is 58.4 Å². The molecule has 2 bridgehead atoms. The fraction of sp³-hybridized carbons (Fsp3) is 0.800. The third-order valence-electron chi connectivity index (χ3n) is 6.34. The summed E-state index contributed by atoms with van der Waals surface area (Å²) < 4.78 is 13.7. The number of carbonyl (C=O) groups excluding carboxylic acids is 2. The van der Waals surface area contributed by atoms with E-state index in [0.717, 1.165) is 6.42 Å². The second kappa shape index (κ2) is 7.22. The summed E-state index contributed by atoms with van der Waals surface area (Å²) in [5.74, 6) is -0.496. The average Bonchev–Trinajstić information content (AvgIpc) is 3.11. The van der Waals surface area contributed by atoms with Gasteiger partial charge in [-0.3, -0.25) is 14.5 Å². The van der Waals surface area contributed by atoms with Gasteiger partial charge in [-0.05, 0) is 44.9 Å². The van der Waals surface area contributed by atoms with Crippen molar-refractivity contribution >= 4 is 20.3 Å². The number of likely N-dealkylation sites (tertiary alicyclic amines) is 1. The number of nitrogens with zero attached hydrogens (tertiary/aromatic N) is 2. The van der Waals surface area contributed by atoms with Crippen LogP contribution < -0.4 is 0 Å². The molecule has 5 atom stereocenters. The number of hydrogen-bond acceptors (Lipinski definition) is 5. The molecule has 0 aromatic heterocycles. The maximum Gasteiger partial charge on any atom is 0.258 e. The van der Waals surface area contributed by atoms with Gasteiger partial charge in [-0.1, -0.05) is 26.0 Å². The predicted molar refractivity (Wildman–Crippen MR) is 106 cm³/mol. The van der Waals surface area contributed by atoms with Crippen LogP contribution in [0.2, 0.25) is 0 Å². The summed E-state index contributed by atoms with van der Waals surface area (Å²) in [6, 6.07) is 0.569. The zero-order chi connectivity index (χ0) is 20.1. The van der Waals surface area contributed by atoms with E-state index in [0.29, 0.717) is 13.2 Å². The standard InChI is InChI=1S/C20H33N2O4P/c1-13(2)22(14(3)4)27(25-7)26-11-10-21-17(23)15-16(18(21)24)20(6)9-8-19(15,5)12-20/h8-9,13-16H,10-12H2,1-7H3/t15-,16+,19+,20-,27?. The van der Waals surface area contributed by atoms with Crippen molar-refractivity contribution in [3.05, 3.63) is 12.2 Å². The first kappa shape index (κ1) is 20.9. The molecule has 0 radical (unpaired) electrons. The maximum absolute atomic E-state index is 13.0. The van der Waals surface area contributed by atoms with E-state index >= 15 is 0 Å². The number of allylic oxidation sites excluding steroid dienone is 2. The SMILES string of the molecule is COP(OCCN1C(=O)[C@@H]2[C@H](C1=O)[C@@]1(C)C=C[C@]2(C)C1)N(C(C)C)C(C)C. The number of amides is 2. The lowest BCUT2D eigenvalue weighted by Gasteiger charge is -2.35. The molecule has 3 rings (SSSR count).